The number of halogens is 2. The summed E-state index contributed by atoms with van der Waals surface area (Å²) in [7, 11) is 0. The summed E-state index contributed by atoms with van der Waals surface area (Å²) in [6, 6.07) is 25.9. The summed E-state index contributed by atoms with van der Waals surface area (Å²) in [5, 5.41) is 2.31. The molecule has 1 aliphatic rings. The molecule has 3 aromatic rings. The second kappa shape index (κ2) is 16.8. The summed E-state index contributed by atoms with van der Waals surface area (Å²) in [5.74, 6) is -5.04. The third-order valence-corrected chi connectivity index (χ3v) is 8.56. The van der Waals surface area contributed by atoms with Gasteiger partial charge >= 0.3 is 12.1 Å². The Morgan fingerprint density at radius 1 is 0.830 bits per heavy atom. The van der Waals surface area contributed by atoms with Gasteiger partial charge in [-0.15, -0.1) is 0 Å². The molecule has 10 heteroatoms. The maximum absolute atomic E-state index is 16.9. The number of amides is 1. The first-order valence-electron chi connectivity index (χ1n) is 16.1. The van der Waals surface area contributed by atoms with Crippen LogP contribution >= 0.6 is 0 Å². The Bertz CT molecular complexity index is 1400. The van der Waals surface area contributed by atoms with Crippen molar-refractivity contribution in [1.29, 1.82) is 0 Å². The molecule has 1 fully saturated rings. The van der Waals surface area contributed by atoms with Gasteiger partial charge in [-0.3, -0.25) is 0 Å². The van der Waals surface area contributed by atoms with Crippen LogP contribution in [-0.2, 0) is 48.3 Å². The number of alkyl halides is 2. The molecule has 8 nitrogen and oxygen atoms in total. The van der Waals surface area contributed by atoms with Crippen molar-refractivity contribution < 1.29 is 42.1 Å². The van der Waals surface area contributed by atoms with Crippen molar-refractivity contribution >= 4 is 12.1 Å². The number of nitrogens with one attached hydrogen (secondary N) is 1. The van der Waals surface area contributed by atoms with Crippen molar-refractivity contribution in [2.24, 2.45) is 5.92 Å². The van der Waals surface area contributed by atoms with E-state index in [0.29, 0.717) is 12.0 Å². The molecule has 1 heterocycles. The van der Waals surface area contributed by atoms with Crippen LogP contribution in [0.3, 0.4) is 0 Å². The van der Waals surface area contributed by atoms with E-state index in [1.54, 1.807) is 31.2 Å². The van der Waals surface area contributed by atoms with Crippen LogP contribution in [0, 0.1) is 5.92 Å². The monoisotopic (exact) mass is 653 g/mol. The van der Waals surface area contributed by atoms with E-state index in [0.717, 1.165) is 11.1 Å². The van der Waals surface area contributed by atoms with Gasteiger partial charge in [-0.1, -0.05) is 105 Å². The van der Waals surface area contributed by atoms with E-state index < -0.39 is 54.4 Å². The maximum Gasteiger partial charge on any atom is 0.408 e. The summed E-state index contributed by atoms with van der Waals surface area (Å²) in [6.07, 6.45) is -4.36. The molecule has 3 aromatic carbocycles. The normalized spacial score (nSPS) is 23.4. The highest BCUT2D eigenvalue weighted by molar-refractivity contribution is 5.81. The fourth-order valence-corrected chi connectivity index (χ4v) is 5.86. The molecule has 47 heavy (non-hydrogen) atoms. The van der Waals surface area contributed by atoms with Crippen molar-refractivity contribution in [3.8, 4) is 0 Å². The number of hydrogen-bond acceptors (Lipinski definition) is 7. The minimum absolute atomic E-state index is 0.0284. The second-order valence-corrected chi connectivity index (χ2v) is 11.9. The highest BCUT2D eigenvalue weighted by Gasteiger charge is 2.64. The fraction of sp³-hybridized carbons (Fsp3) is 0.459. The minimum atomic E-state index is -3.72. The van der Waals surface area contributed by atoms with E-state index in [4.69, 9.17) is 23.7 Å². The van der Waals surface area contributed by atoms with Gasteiger partial charge in [-0.25, -0.2) is 18.4 Å². The Morgan fingerprint density at radius 3 is 1.85 bits per heavy atom. The minimum Gasteiger partial charge on any atom is -0.464 e. The van der Waals surface area contributed by atoms with Crippen LogP contribution in [0.15, 0.2) is 91.0 Å². The Morgan fingerprint density at radius 2 is 1.34 bits per heavy atom. The Labute approximate surface area is 275 Å². The van der Waals surface area contributed by atoms with Crippen LogP contribution in [0.4, 0.5) is 13.6 Å². The third-order valence-electron chi connectivity index (χ3n) is 8.56. The van der Waals surface area contributed by atoms with Gasteiger partial charge in [0, 0.05) is 12.3 Å². The highest BCUT2D eigenvalue weighted by atomic mass is 19.3. The van der Waals surface area contributed by atoms with Gasteiger partial charge in [0.05, 0.1) is 32.0 Å². The molecule has 6 atom stereocenters. The van der Waals surface area contributed by atoms with Gasteiger partial charge < -0.3 is 29.0 Å². The van der Waals surface area contributed by atoms with Crippen molar-refractivity contribution in [2.45, 2.75) is 96.2 Å². The lowest BCUT2D eigenvalue weighted by Crippen LogP contribution is -2.69. The zero-order valence-electron chi connectivity index (χ0n) is 27.4. The smallest absolute Gasteiger partial charge is 0.408 e. The molecule has 1 saturated heterocycles. The molecule has 1 amide bonds. The van der Waals surface area contributed by atoms with Gasteiger partial charge in [-0.2, -0.15) is 0 Å². The Kier molecular flexibility index (Phi) is 12.9. The SMILES string of the molecule is CCOC(=O)C(CC(F)(F)[C@]1(C)O[C@H](CC)[C@H](C)[C@H](OCc2ccccc2)[C@H]1OCc1ccccc1)NC(=O)OCc1ccccc1. The predicted octanol–water partition coefficient (Wildman–Crippen LogP) is 7.24. The summed E-state index contributed by atoms with van der Waals surface area (Å²) >= 11 is 0. The first-order chi connectivity index (χ1) is 22.6. The van der Waals surface area contributed by atoms with Gasteiger partial charge in [0.25, 0.3) is 5.92 Å². The van der Waals surface area contributed by atoms with E-state index in [-0.39, 0.29) is 32.3 Å². The van der Waals surface area contributed by atoms with Gasteiger partial charge in [0.2, 0.25) is 0 Å². The topological polar surface area (TPSA) is 92.3 Å². The van der Waals surface area contributed by atoms with Gasteiger partial charge in [0.1, 0.15) is 18.8 Å². The number of alkyl carbamates (subject to hydrolysis) is 1. The van der Waals surface area contributed by atoms with Crippen LogP contribution < -0.4 is 5.32 Å². The number of benzene rings is 3. The van der Waals surface area contributed by atoms with Crippen LogP contribution in [0.25, 0.3) is 0 Å². The van der Waals surface area contributed by atoms with Crippen LogP contribution in [0.2, 0.25) is 0 Å². The molecule has 1 aliphatic heterocycles. The van der Waals surface area contributed by atoms with Crippen LogP contribution in [-0.4, -0.2) is 54.5 Å². The van der Waals surface area contributed by atoms with Crippen molar-refractivity contribution in [2.75, 3.05) is 6.61 Å². The summed E-state index contributed by atoms with van der Waals surface area (Å²) in [6.45, 7) is 6.67. The molecule has 0 saturated carbocycles. The summed E-state index contributed by atoms with van der Waals surface area (Å²) in [4.78, 5) is 25.7. The lowest BCUT2D eigenvalue weighted by atomic mass is 9.76. The largest absolute Gasteiger partial charge is 0.464 e. The van der Waals surface area contributed by atoms with E-state index in [2.05, 4.69) is 5.32 Å². The molecule has 0 aromatic heterocycles. The number of hydrogen-bond donors (Lipinski definition) is 1. The third kappa shape index (κ3) is 9.37. The fourth-order valence-electron chi connectivity index (χ4n) is 5.86. The second-order valence-electron chi connectivity index (χ2n) is 11.9. The van der Waals surface area contributed by atoms with E-state index >= 15 is 8.78 Å². The van der Waals surface area contributed by atoms with E-state index in [9.17, 15) is 9.59 Å². The molecule has 0 spiro atoms. The molecule has 254 valence electrons. The molecule has 0 radical (unpaired) electrons. The average Bonchev–Trinajstić information content (AvgIpc) is 3.08. The summed E-state index contributed by atoms with van der Waals surface area (Å²) < 4.78 is 63.2. The molecular formula is C37H45F2NO7. The zero-order chi connectivity index (χ0) is 33.9. The van der Waals surface area contributed by atoms with Crippen molar-refractivity contribution in [3.05, 3.63) is 108 Å². The lowest BCUT2D eigenvalue weighted by Gasteiger charge is -2.54. The number of rotatable bonds is 15. The molecule has 4 rings (SSSR count). The molecule has 0 bridgehead atoms. The molecule has 1 N–H and O–H groups in total. The van der Waals surface area contributed by atoms with Gasteiger partial charge in [0.15, 0.2) is 5.60 Å². The lowest BCUT2D eigenvalue weighted by molar-refractivity contribution is -0.332. The number of carbonyl (C=O) groups excluding carboxylic acids is 2. The standard InChI is InChI=1S/C37H45F2NO7/c1-5-31-26(3)32(44-23-27-16-10-7-11-17-27)33(45-24-28-18-12-8-13-19-28)36(4,47-31)37(38,39)22-30(34(41)43-6-2)40-35(42)46-25-29-20-14-9-15-21-29/h7-21,26,30-33H,5-6,22-25H2,1-4H3,(H,40,42)/t26-,30?,31+,32-,33+,36+/m0/s1. The zero-order valence-corrected chi connectivity index (χ0v) is 27.4. The average molecular weight is 654 g/mol. The molecular weight excluding hydrogens is 608 g/mol. The predicted molar refractivity (Wildman–Crippen MR) is 173 cm³/mol. The number of carbonyl (C=O) groups is 2. The Hall–Kier alpha value is -3.86. The Balaban J connectivity index is 1.63. The van der Waals surface area contributed by atoms with Crippen LogP contribution in [0.5, 0.6) is 0 Å². The number of esters is 1. The first-order valence-corrected chi connectivity index (χ1v) is 16.1. The first kappa shape index (κ1) is 36.0. The van der Waals surface area contributed by atoms with Gasteiger partial charge in [-0.05, 0) is 37.0 Å². The van der Waals surface area contributed by atoms with E-state index in [1.165, 1.54) is 6.92 Å². The molecule has 1 unspecified atom stereocenters. The van der Waals surface area contributed by atoms with Crippen molar-refractivity contribution in [1.82, 2.24) is 5.32 Å². The van der Waals surface area contributed by atoms with E-state index in [1.807, 2.05) is 80.6 Å². The maximum atomic E-state index is 16.9. The molecule has 0 aliphatic carbocycles. The van der Waals surface area contributed by atoms with Crippen molar-refractivity contribution in [3.63, 3.8) is 0 Å². The summed E-state index contributed by atoms with van der Waals surface area (Å²) in [5.41, 5.74) is 0.104. The van der Waals surface area contributed by atoms with Crippen LogP contribution in [0.1, 0.15) is 57.2 Å². The quantitative estimate of drug-likeness (QED) is 0.173. The number of ether oxygens (including phenoxy) is 5. The highest BCUT2D eigenvalue weighted by Crippen LogP contribution is 2.48.